The number of para-hydroxylation sites is 1. The maximum absolute atomic E-state index is 4.62. The summed E-state index contributed by atoms with van der Waals surface area (Å²) in [6.07, 6.45) is 5.18. The van der Waals surface area contributed by atoms with Crippen molar-refractivity contribution in [2.75, 3.05) is 0 Å². The number of hydrogen-bond donors (Lipinski definition) is 0. The van der Waals surface area contributed by atoms with Gasteiger partial charge < -0.3 is 0 Å². The maximum Gasteiger partial charge on any atom is 0.0709 e. The first-order valence-corrected chi connectivity index (χ1v) is 6.48. The van der Waals surface area contributed by atoms with Gasteiger partial charge in [0.25, 0.3) is 0 Å². The van der Waals surface area contributed by atoms with Gasteiger partial charge in [0.05, 0.1) is 11.2 Å². The van der Waals surface area contributed by atoms with Crippen LogP contribution >= 0.6 is 0 Å². The molecule has 0 radical (unpaired) electrons. The highest BCUT2D eigenvalue weighted by Gasteiger charge is 1.94. The molecule has 0 aliphatic heterocycles. The van der Waals surface area contributed by atoms with Crippen LogP contribution in [0.25, 0.3) is 17.0 Å². The van der Waals surface area contributed by atoms with Crippen LogP contribution < -0.4 is 0 Å². The van der Waals surface area contributed by atoms with Gasteiger partial charge in [-0.2, -0.15) is 0 Å². The quantitative estimate of drug-likeness (QED) is 0.662. The second-order valence-corrected chi connectivity index (χ2v) is 4.52. The van der Waals surface area contributed by atoms with Gasteiger partial charge in [-0.15, -0.1) is 0 Å². The van der Waals surface area contributed by atoms with E-state index >= 15 is 0 Å². The Hall–Kier alpha value is -2.41. The third-order valence-corrected chi connectivity index (χ3v) is 3.10. The van der Waals surface area contributed by atoms with Gasteiger partial charge in [-0.3, -0.25) is 0 Å². The van der Waals surface area contributed by atoms with Crippen molar-refractivity contribution in [1.29, 1.82) is 0 Å². The molecular weight excluding hydrogens is 230 g/mol. The molecule has 3 aromatic rings. The van der Waals surface area contributed by atoms with E-state index in [0.29, 0.717) is 0 Å². The summed E-state index contributed by atoms with van der Waals surface area (Å²) >= 11 is 0. The van der Waals surface area contributed by atoms with Gasteiger partial charge in [-0.1, -0.05) is 60.7 Å². The molecular formula is C18H15N. The minimum atomic E-state index is 0.940. The van der Waals surface area contributed by atoms with Crippen LogP contribution in [0.15, 0.2) is 72.8 Å². The Morgan fingerprint density at radius 1 is 0.789 bits per heavy atom. The monoisotopic (exact) mass is 245 g/mol. The van der Waals surface area contributed by atoms with Gasteiger partial charge in [0.1, 0.15) is 0 Å². The van der Waals surface area contributed by atoms with E-state index in [2.05, 4.69) is 59.6 Å². The Morgan fingerprint density at radius 3 is 2.47 bits per heavy atom. The van der Waals surface area contributed by atoms with E-state index in [1.807, 2.05) is 24.3 Å². The highest BCUT2D eigenvalue weighted by atomic mass is 14.7. The Balaban J connectivity index is 1.78. The lowest BCUT2D eigenvalue weighted by Crippen LogP contribution is -1.83. The number of nitrogens with zero attached hydrogens (tertiary/aromatic N) is 1. The summed E-state index contributed by atoms with van der Waals surface area (Å²) < 4.78 is 0. The first-order valence-electron chi connectivity index (χ1n) is 6.48. The molecule has 0 unspecified atom stereocenters. The normalized spacial score (nSPS) is 11.2. The minimum Gasteiger partial charge on any atom is -0.248 e. The van der Waals surface area contributed by atoms with Gasteiger partial charge in [-0.25, -0.2) is 4.98 Å². The molecule has 1 aromatic heterocycles. The zero-order valence-electron chi connectivity index (χ0n) is 10.7. The van der Waals surface area contributed by atoms with Crippen LogP contribution in [0.2, 0.25) is 0 Å². The van der Waals surface area contributed by atoms with Crippen molar-refractivity contribution in [2.45, 2.75) is 6.42 Å². The second kappa shape index (κ2) is 5.49. The zero-order valence-corrected chi connectivity index (χ0v) is 10.7. The van der Waals surface area contributed by atoms with E-state index in [1.165, 1.54) is 10.9 Å². The fourth-order valence-corrected chi connectivity index (χ4v) is 2.10. The van der Waals surface area contributed by atoms with E-state index in [9.17, 15) is 0 Å². The Bertz CT molecular complexity index is 699. The van der Waals surface area contributed by atoms with Crippen molar-refractivity contribution < 1.29 is 0 Å². The number of hydrogen-bond acceptors (Lipinski definition) is 1. The van der Waals surface area contributed by atoms with Gasteiger partial charge in [0.15, 0.2) is 0 Å². The molecule has 3 rings (SSSR count). The highest BCUT2D eigenvalue weighted by Crippen LogP contribution is 2.12. The molecule has 0 spiro atoms. The lowest BCUT2D eigenvalue weighted by molar-refractivity contribution is 1.27. The Kier molecular flexibility index (Phi) is 3.37. The SMILES string of the molecule is C(=C\c1ccc2ccccc2n1)/Cc1ccccc1. The summed E-state index contributed by atoms with van der Waals surface area (Å²) in [6, 6.07) is 22.8. The fourth-order valence-electron chi connectivity index (χ4n) is 2.10. The van der Waals surface area contributed by atoms with Crippen molar-refractivity contribution in [3.8, 4) is 0 Å². The molecule has 0 bridgehead atoms. The van der Waals surface area contributed by atoms with Crippen LogP contribution in [0.5, 0.6) is 0 Å². The first kappa shape index (κ1) is 11.7. The van der Waals surface area contributed by atoms with Crippen LogP contribution in [0.1, 0.15) is 11.3 Å². The number of aromatic nitrogens is 1. The average molecular weight is 245 g/mol. The Morgan fingerprint density at radius 2 is 1.58 bits per heavy atom. The predicted molar refractivity (Wildman–Crippen MR) is 80.9 cm³/mol. The van der Waals surface area contributed by atoms with Crippen LogP contribution in [0.4, 0.5) is 0 Å². The third-order valence-electron chi connectivity index (χ3n) is 3.10. The molecule has 92 valence electrons. The van der Waals surface area contributed by atoms with Gasteiger partial charge in [0.2, 0.25) is 0 Å². The number of pyridine rings is 1. The lowest BCUT2D eigenvalue weighted by Gasteiger charge is -1.98. The van der Waals surface area contributed by atoms with Crippen LogP contribution in [-0.2, 0) is 6.42 Å². The molecule has 0 aliphatic carbocycles. The van der Waals surface area contributed by atoms with E-state index in [0.717, 1.165) is 17.6 Å². The van der Waals surface area contributed by atoms with E-state index < -0.39 is 0 Å². The van der Waals surface area contributed by atoms with E-state index in [1.54, 1.807) is 0 Å². The molecule has 19 heavy (non-hydrogen) atoms. The first-order chi connectivity index (χ1) is 9.42. The molecule has 0 saturated heterocycles. The molecule has 0 saturated carbocycles. The highest BCUT2D eigenvalue weighted by molar-refractivity contribution is 5.79. The third kappa shape index (κ3) is 2.89. The van der Waals surface area contributed by atoms with Crippen molar-refractivity contribution >= 4 is 17.0 Å². The molecule has 1 heterocycles. The summed E-state index contributed by atoms with van der Waals surface area (Å²) in [6.45, 7) is 0. The molecule has 2 aromatic carbocycles. The molecule has 0 fully saturated rings. The zero-order chi connectivity index (χ0) is 12.9. The van der Waals surface area contributed by atoms with Crippen molar-refractivity contribution in [1.82, 2.24) is 4.98 Å². The van der Waals surface area contributed by atoms with Crippen LogP contribution in [0.3, 0.4) is 0 Å². The summed E-state index contributed by atoms with van der Waals surface area (Å²) in [4.78, 5) is 4.62. The lowest BCUT2D eigenvalue weighted by atomic mass is 10.1. The predicted octanol–water partition coefficient (Wildman–Crippen LogP) is 4.49. The van der Waals surface area contributed by atoms with Gasteiger partial charge in [0, 0.05) is 5.39 Å². The largest absolute Gasteiger partial charge is 0.248 e. The van der Waals surface area contributed by atoms with E-state index in [-0.39, 0.29) is 0 Å². The fraction of sp³-hybridized carbons (Fsp3) is 0.0556. The summed E-state index contributed by atoms with van der Waals surface area (Å²) in [5, 5.41) is 1.18. The number of allylic oxidation sites excluding steroid dienone is 1. The van der Waals surface area contributed by atoms with Crippen molar-refractivity contribution in [3.05, 3.63) is 84.1 Å². The summed E-state index contributed by atoms with van der Waals surface area (Å²) in [5.74, 6) is 0. The van der Waals surface area contributed by atoms with Gasteiger partial charge >= 0.3 is 0 Å². The number of benzene rings is 2. The van der Waals surface area contributed by atoms with Crippen LogP contribution in [0, 0.1) is 0 Å². The second-order valence-electron chi connectivity index (χ2n) is 4.52. The maximum atomic E-state index is 4.62. The molecule has 0 N–H and O–H groups in total. The molecule has 1 heteroatoms. The molecule has 0 atom stereocenters. The van der Waals surface area contributed by atoms with Crippen molar-refractivity contribution in [3.63, 3.8) is 0 Å². The minimum absolute atomic E-state index is 0.940. The number of fused-ring (bicyclic) bond motifs is 1. The molecule has 1 nitrogen and oxygen atoms in total. The average Bonchev–Trinajstić information content (AvgIpc) is 2.48. The Labute approximate surface area is 113 Å². The topological polar surface area (TPSA) is 12.9 Å². The number of rotatable bonds is 3. The smallest absolute Gasteiger partial charge is 0.0709 e. The summed E-state index contributed by atoms with van der Waals surface area (Å²) in [5.41, 5.74) is 3.37. The summed E-state index contributed by atoms with van der Waals surface area (Å²) in [7, 11) is 0. The molecule has 0 aliphatic rings. The standard InChI is InChI=1S/C18H15N/c1-2-7-15(8-3-1)9-6-11-17-14-13-16-10-4-5-12-18(16)19-17/h1-8,10-14H,9H2/b11-6+. The van der Waals surface area contributed by atoms with E-state index in [4.69, 9.17) is 0 Å². The van der Waals surface area contributed by atoms with Gasteiger partial charge in [-0.05, 0) is 30.2 Å². The molecule has 0 amide bonds. The van der Waals surface area contributed by atoms with Crippen LogP contribution in [-0.4, -0.2) is 4.98 Å². The van der Waals surface area contributed by atoms with Crippen molar-refractivity contribution in [2.24, 2.45) is 0 Å².